The Bertz CT molecular complexity index is 516. The predicted molar refractivity (Wildman–Crippen MR) is 65.8 cm³/mol. The Labute approximate surface area is 108 Å². The van der Waals surface area contributed by atoms with Gasteiger partial charge in [0.2, 0.25) is 0 Å². The second-order valence-electron chi connectivity index (χ2n) is 2.97. The van der Waals surface area contributed by atoms with E-state index in [0.717, 1.165) is 0 Å². The molecule has 0 amide bonds. The maximum Gasteiger partial charge on any atom is 0.147 e. The molecule has 1 heterocycles. The summed E-state index contributed by atoms with van der Waals surface area (Å²) in [6, 6.07) is 8.45. The zero-order chi connectivity index (χ0) is 11.5. The second-order valence-corrected chi connectivity index (χ2v) is 4.14. The number of halogens is 3. The Morgan fingerprint density at radius 2 is 1.88 bits per heavy atom. The Balaban J connectivity index is 2.31. The fraction of sp³-hybridized carbons (Fsp3) is 0. The standard InChI is InChI=1S/C11H6Cl3NO/c12-8-2-1-3-9(11(8)14)16-7-4-5-15-10(13)6-7/h1-6H. The zero-order valence-corrected chi connectivity index (χ0v) is 10.2. The number of hydrogen-bond donors (Lipinski definition) is 0. The Kier molecular flexibility index (Phi) is 3.54. The number of pyridine rings is 1. The first-order valence-corrected chi connectivity index (χ1v) is 5.53. The quantitative estimate of drug-likeness (QED) is 0.731. The van der Waals surface area contributed by atoms with Gasteiger partial charge in [0.05, 0.1) is 5.02 Å². The number of benzene rings is 1. The lowest BCUT2D eigenvalue weighted by atomic mass is 10.3. The summed E-state index contributed by atoms with van der Waals surface area (Å²) in [5.41, 5.74) is 0. The maximum atomic E-state index is 5.98. The van der Waals surface area contributed by atoms with Crippen LogP contribution in [0.25, 0.3) is 0 Å². The Hall–Kier alpha value is -0.960. The van der Waals surface area contributed by atoms with Crippen molar-refractivity contribution in [2.24, 2.45) is 0 Å². The van der Waals surface area contributed by atoms with Gasteiger partial charge in [-0.1, -0.05) is 40.9 Å². The molecule has 0 spiro atoms. The third kappa shape index (κ3) is 2.59. The SMILES string of the molecule is Clc1cc(Oc2cccc(Cl)c2Cl)ccn1. The monoisotopic (exact) mass is 273 g/mol. The highest BCUT2D eigenvalue weighted by atomic mass is 35.5. The van der Waals surface area contributed by atoms with Crippen LogP contribution < -0.4 is 4.74 Å². The highest BCUT2D eigenvalue weighted by Gasteiger charge is 2.06. The molecule has 0 N–H and O–H groups in total. The summed E-state index contributed by atoms with van der Waals surface area (Å²) < 4.78 is 5.53. The summed E-state index contributed by atoms with van der Waals surface area (Å²) in [6.07, 6.45) is 1.55. The summed E-state index contributed by atoms with van der Waals surface area (Å²) >= 11 is 17.6. The van der Waals surface area contributed by atoms with Gasteiger partial charge in [0.15, 0.2) is 0 Å². The van der Waals surface area contributed by atoms with Crippen LogP contribution in [-0.2, 0) is 0 Å². The average Bonchev–Trinajstić information content (AvgIpc) is 2.25. The van der Waals surface area contributed by atoms with E-state index in [2.05, 4.69) is 4.98 Å². The first kappa shape index (κ1) is 11.5. The molecular weight excluding hydrogens is 268 g/mol. The normalized spacial score (nSPS) is 10.2. The van der Waals surface area contributed by atoms with Crippen molar-refractivity contribution in [3.05, 3.63) is 51.7 Å². The van der Waals surface area contributed by atoms with E-state index in [0.29, 0.717) is 26.7 Å². The Morgan fingerprint density at radius 1 is 1.06 bits per heavy atom. The van der Waals surface area contributed by atoms with Crippen LogP contribution >= 0.6 is 34.8 Å². The lowest BCUT2D eigenvalue weighted by Crippen LogP contribution is -1.86. The van der Waals surface area contributed by atoms with Crippen molar-refractivity contribution in [2.75, 3.05) is 0 Å². The average molecular weight is 275 g/mol. The highest BCUT2D eigenvalue weighted by Crippen LogP contribution is 2.34. The number of ether oxygens (including phenoxy) is 1. The minimum Gasteiger partial charge on any atom is -0.456 e. The zero-order valence-electron chi connectivity index (χ0n) is 7.95. The molecule has 0 aliphatic rings. The molecule has 1 aromatic carbocycles. The van der Waals surface area contributed by atoms with Crippen LogP contribution in [0.1, 0.15) is 0 Å². The fourth-order valence-electron chi connectivity index (χ4n) is 1.14. The molecule has 0 atom stereocenters. The minimum absolute atomic E-state index is 0.357. The first-order valence-electron chi connectivity index (χ1n) is 4.40. The van der Waals surface area contributed by atoms with E-state index in [4.69, 9.17) is 39.5 Å². The lowest BCUT2D eigenvalue weighted by Gasteiger charge is -2.07. The molecule has 0 aliphatic heterocycles. The van der Waals surface area contributed by atoms with E-state index < -0.39 is 0 Å². The predicted octanol–water partition coefficient (Wildman–Crippen LogP) is 4.83. The molecule has 82 valence electrons. The van der Waals surface area contributed by atoms with Crippen molar-refractivity contribution >= 4 is 34.8 Å². The van der Waals surface area contributed by atoms with Crippen molar-refractivity contribution < 1.29 is 4.74 Å². The van der Waals surface area contributed by atoms with E-state index in [1.807, 2.05) is 0 Å². The number of nitrogens with zero attached hydrogens (tertiary/aromatic N) is 1. The number of hydrogen-bond acceptors (Lipinski definition) is 2. The van der Waals surface area contributed by atoms with Gasteiger partial charge in [-0.3, -0.25) is 0 Å². The van der Waals surface area contributed by atoms with E-state index in [1.165, 1.54) is 0 Å². The summed E-state index contributed by atoms with van der Waals surface area (Å²) in [6.45, 7) is 0. The van der Waals surface area contributed by atoms with Crippen molar-refractivity contribution in [2.45, 2.75) is 0 Å². The fourth-order valence-corrected chi connectivity index (χ4v) is 1.63. The molecule has 0 saturated carbocycles. The van der Waals surface area contributed by atoms with Crippen molar-refractivity contribution in [1.29, 1.82) is 0 Å². The largest absolute Gasteiger partial charge is 0.456 e. The second kappa shape index (κ2) is 4.91. The van der Waals surface area contributed by atoms with Gasteiger partial charge >= 0.3 is 0 Å². The number of rotatable bonds is 2. The van der Waals surface area contributed by atoms with Gasteiger partial charge in [-0.2, -0.15) is 0 Å². The number of aromatic nitrogens is 1. The molecule has 1 aromatic heterocycles. The van der Waals surface area contributed by atoms with E-state index in [9.17, 15) is 0 Å². The van der Waals surface area contributed by atoms with Crippen LogP contribution in [0.2, 0.25) is 15.2 Å². The van der Waals surface area contributed by atoms with E-state index in [-0.39, 0.29) is 0 Å². The van der Waals surface area contributed by atoms with E-state index >= 15 is 0 Å². The van der Waals surface area contributed by atoms with Crippen molar-refractivity contribution in [3.63, 3.8) is 0 Å². The van der Waals surface area contributed by atoms with Crippen LogP contribution in [0.5, 0.6) is 11.5 Å². The molecule has 5 heteroatoms. The van der Waals surface area contributed by atoms with Gasteiger partial charge in [0.1, 0.15) is 21.7 Å². The molecular formula is C11H6Cl3NO. The first-order chi connectivity index (χ1) is 7.66. The van der Waals surface area contributed by atoms with Crippen LogP contribution in [0.15, 0.2) is 36.5 Å². The van der Waals surface area contributed by atoms with Crippen LogP contribution in [0.4, 0.5) is 0 Å². The van der Waals surface area contributed by atoms with E-state index in [1.54, 1.807) is 36.5 Å². The highest BCUT2D eigenvalue weighted by molar-refractivity contribution is 6.42. The molecule has 0 aliphatic carbocycles. The van der Waals surface area contributed by atoms with Gasteiger partial charge in [-0.25, -0.2) is 4.98 Å². The van der Waals surface area contributed by atoms with Crippen molar-refractivity contribution in [1.82, 2.24) is 4.98 Å². The molecule has 0 radical (unpaired) electrons. The molecule has 0 unspecified atom stereocenters. The summed E-state index contributed by atoms with van der Waals surface area (Å²) in [5, 5.41) is 1.17. The van der Waals surface area contributed by atoms with Gasteiger partial charge in [-0.05, 0) is 18.2 Å². The molecule has 2 aromatic rings. The molecule has 0 saturated heterocycles. The topological polar surface area (TPSA) is 22.1 Å². The molecule has 16 heavy (non-hydrogen) atoms. The molecule has 0 bridgehead atoms. The molecule has 2 nitrogen and oxygen atoms in total. The molecule has 0 fully saturated rings. The summed E-state index contributed by atoms with van der Waals surface area (Å²) in [4.78, 5) is 3.85. The summed E-state index contributed by atoms with van der Waals surface area (Å²) in [5.74, 6) is 1.04. The summed E-state index contributed by atoms with van der Waals surface area (Å²) in [7, 11) is 0. The van der Waals surface area contributed by atoms with Gasteiger partial charge in [0, 0.05) is 12.3 Å². The van der Waals surface area contributed by atoms with Crippen LogP contribution in [0, 0.1) is 0 Å². The maximum absolute atomic E-state index is 5.98. The van der Waals surface area contributed by atoms with Gasteiger partial charge in [-0.15, -0.1) is 0 Å². The third-order valence-corrected chi connectivity index (χ3v) is 2.85. The van der Waals surface area contributed by atoms with Crippen LogP contribution in [-0.4, -0.2) is 4.98 Å². The third-order valence-electron chi connectivity index (χ3n) is 1.84. The van der Waals surface area contributed by atoms with Crippen LogP contribution in [0.3, 0.4) is 0 Å². The lowest BCUT2D eigenvalue weighted by molar-refractivity contribution is 0.482. The minimum atomic E-state index is 0.357. The van der Waals surface area contributed by atoms with Gasteiger partial charge in [0.25, 0.3) is 0 Å². The molecule has 2 rings (SSSR count). The van der Waals surface area contributed by atoms with Crippen molar-refractivity contribution in [3.8, 4) is 11.5 Å². The van der Waals surface area contributed by atoms with Gasteiger partial charge < -0.3 is 4.74 Å². The Morgan fingerprint density at radius 3 is 2.62 bits per heavy atom. The smallest absolute Gasteiger partial charge is 0.147 e.